The number of nitrogens with zero attached hydrogens (tertiary/aromatic N) is 4. The predicted octanol–water partition coefficient (Wildman–Crippen LogP) is 3.04. The Morgan fingerprint density at radius 1 is 1.14 bits per heavy atom. The van der Waals surface area contributed by atoms with Gasteiger partial charge in [-0.3, -0.25) is 19.3 Å². The third-order valence-corrected chi connectivity index (χ3v) is 6.74. The SMILES string of the molecule is Cc1cc(NC(=O)CSc2nc3ccc(N4CCOCC4)cc3c(=O)n2Cc2ccccc2)n[nH]1. The summed E-state index contributed by atoms with van der Waals surface area (Å²) in [6.45, 7) is 5.15. The largest absolute Gasteiger partial charge is 0.378 e. The number of benzene rings is 2. The van der Waals surface area contributed by atoms with Crippen LogP contribution in [0.25, 0.3) is 10.9 Å². The molecule has 0 bridgehead atoms. The molecular weight excluding hydrogens is 464 g/mol. The van der Waals surface area contributed by atoms with E-state index in [1.54, 1.807) is 10.6 Å². The maximum atomic E-state index is 13.7. The molecule has 3 heterocycles. The topological polar surface area (TPSA) is 105 Å². The Balaban J connectivity index is 1.46. The van der Waals surface area contributed by atoms with Gasteiger partial charge < -0.3 is 15.0 Å². The summed E-state index contributed by atoms with van der Waals surface area (Å²) in [7, 11) is 0. The number of fused-ring (bicyclic) bond motifs is 1. The number of ether oxygens (including phenoxy) is 1. The number of nitrogens with one attached hydrogen (secondary N) is 2. The zero-order valence-corrected chi connectivity index (χ0v) is 20.2. The van der Waals surface area contributed by atoms with Crippen LogP contribution in [0.5, 0.6) is 0 Å². The molecule has 0 atom stereocenters. The van der Waals surface area contributed by atoms with Crippen LogP contribution in [-0.2, 0) is 16.1 Å². The van der Waals surface area contributed by atoms with Gasteiger partial charge in [0.2, 0.25) is 5.91 Å². The molecule has 2 aromatic carbocycles. The smallest absolute Gasteiger partial charge is 0.262 e. The van der Waals surface area contributed by atoms with Crippen LogP contribution in [0.4, 0.5) is 11.5 Å². The summed E-state index contributed by atoms with van der Waals surface area (Å²) >= 11 is 1.24. The van der Waals surface area contributed by atoms with Crippen molar-refractivity contribution in [2.75, 3.05) is 42.3 Å². The molecule has 1 amide bonds. The van der Waals surface area contributed by atoms with E-state index in [2.05, 4.69) is 20.4 Å². The number of aryl methyl sites for hydroxylation is 1. The summed E-state index contributed by atoms with van der Waals surface area (Å²) < 4.78 is 7.11. The van der Waals surface area contributed by atoms with Crippen LogP contribution < -0.4 is 15.8 Å². The van der Waals surface area contributed by atoms with Gasteiger partial charge in [-0.25, -0.2) is 4.98 Å². The van der Waals surface area contributed by atoms with Crippen molar-refractivity contribution in [3.05, 3.63) is 76.2 Å². The quantitative estimate of drug-likeness (QED) is 0.303. The number of amides is 1. The molecular formula is C25H26N6O3S. The van der Waals surface area contributed by atoms with Crippen molar-refractivity contribution in [3.63, 3.8) is 0 Å². The van der Waals surface area contributed by atoms with Crippen molar-refractivity contribution < 1.29 is 9.53 Å². The van der Waals surface area contributed by atoms with E-state index in [1.807, 2.05) is 55.5 Å². The molecule has 2 N–H and O–H groups in total. The first-order chi connectivity index (χ1) is 17.1. The Bertz CT molecular complexity index is 1400. The van der Waals surface area contributed by atoms with E-state index >= 15 is 0 Å². The van der Waals surface area contributed by atoms with E-state index in [-0.39, 0.29) is 17.2 Å². The van der Waals surface area contributed by atoms with Crippen LogP contribution in [0, 0.1) is 6.92 Å². The molecule has 0 unspecified atom stereocenters. The number of carbonyl (C=O) groups excluding carboxylic acids is 1. The molecule has 1 aliphatic heterocycles. The van der Waals surface area contributed by atoms with Gasteiger partial charge in [0, 0.05) is 30.5 Å². The van der Waals surface area contributed by atoms with Crippen molar-refractivity contribution in [1.29, 1.82) is 0 Å². The Morgan fingerprint density at radius 3 is 2.69 bits per heavy atom. The van der Waals surface area contributed by atoms with Crippen LogP contribution in [0.1, 0.15) is 11.3 Å². The highest BCUT2D eigenvalue weighted by Crippen LogP contribution is 2.24. The second-order valence-corrected chi connectivity index (χ2v) is 9.29. The zero-order chi connectivity index (χ0) is 24.2. The number of morpholine rings is 1. The molecule has 10 heteroatoms. The fourth-order valence-corrected chi connectivity index (χ4v) is 4.81. The van der Waals surface area contributed by atoms with Crippen molar-refractivity contribution in [1.82, 2.24) is 19.7 Å². The zero-order valence-electron chi connectivity index (χ0n) is 19.4. The Labute approximate surface area is 206 Å². The average Bonchev–Trinajstić information content (AvgIpc) is 3.30. The molecule has 5 rings (SSSR count). The maximum absolute atomic E-state index is 13.7. The van der Waals surface area contributed by atoms with E-state index in [1.165, 1.54) is 11.8 Å². The number of aromatic nitrogens is 4. The number of carbonyl (C=O) groups is 1. The minimum Gasteiger partial charge on any atom is -0.378 e. The summed E-state index contributed by atoms with van der Waals surface area (Å²) in [5.74, 6) is 0.353. The van der Waals surface area contributed by atoms with Gasteiger partial charge in [-0.15, -0.1) is 0 Å². The Morgan fingerprint density at radius 2 is 1.94 bits per heavy atom. The van der Waals surface area contributed by atoms with Crippen LogP contribution in [0.3, 0.4) is 0 Å². The van der Waals surface area contributed by atoms with Gasteiger partial charge in [0.15, 0.2) is 11.0 Å². The van der Waals surface area contributed by atoms with E-state index in [0.717, 1.165) is 30.0 Å². The van der Waals surface area contributed by atoms with Crippen LogP contribution in [0.15, 0.2) is 64.5 Å². The summed E-state index contributed by atoms with van der Waals surface area (Å²) in [5, 5.41) is 10.7. The fourth-order valence-electron chi connectivity index (χ4n) is 4.01. The first kappa shape index (κ1) is 23.1. The van der Waals surface area contributed by atoms with Crippen LogP contribution >= 0.6 is 11.8 Å². The highest BCUT2D eigenvalue weighted by Gasteiger charge is 2.17. The molecule has 0 spiro atoms. The molecule has 0 radical (unpaired) electrons. The highest BCUT2D eigenvalue weighted by atomic mass is 32.2. The van der Waals surface area contributed by atoms with E-state index in [0.29, 0.717) is 41.6 Å². The predicted molar refractivity (Wildman–Crippen MR) is 137 cm³/mol. The Kier molecular flexibility index (Phi) is 6.82. The molecule has 1 aliphatic rings. The number of aromatic amines is 1. The molecule has 1 fully saturated rings. The molecule has 1 saturated heterocycles. The van der Waals surface area contributed by atoms with Gasteiger partial charge in [0.1, 0.15) is 0 Å². The van der Waals surface area contributed by atoms with Crippen molar-refractivity contribution in [3.8, 4) is 0 Å². The number of hydrogen-bond acceptors (Lipinski definition) is 7. The highest BCUT2D eigenvalue weighted by molar-refractivity contribution is 7.99. The van der Waals surface area contributed by atoms with Gasteiger partial charge in [0.05, 0.1) is 36.4 Å². The lowest BCUT2D eigenvalue weighted by Gasteiger charge is -2.29. The normalized spacial score (nSPS) is 13.8. The summed E-state index contributed by atoms with van der Waals surface area (Å²) in [6, 6.07) is 17.3. The minimum atomic E-state index is -0.218. The van der Waals surface area contributed by atoms with Crippen molar-refractivity contribution in [2.45, 2.75) is 18.6 Å². The second kappa shape index (κ2) is 10.3. The Hall–Kier alpha value is -3.63. The van der Waals surface area contributed by atoms with Crippen LogP contribution in [0.2, 0.25) is 0 Å². The monoisotopic (exact) mass is 490 g/mol. The van der Waals surface area contributed by atoms with E-state index in [9.17, 15) is 9.59 Å². The van der Waals surface area contributed by atoms with Gasteiger partial charge in [-0.05, 0) is 30.7 Å². The number of H-pyrrole nitrogens is 1. The second-order valence-electron chi connectivity index (χ2n) is 8.35. The van der Waals surface area contributed by atoms with Crippen molar-refractivity contribution >= 4 is 40.1 Å². The van der Waals surface area contributed by atoms with Crippen molar-refractivity contribution in [2.24, 2.45) is 0 Å². The number of anilines is 2. The lowest BCUT2D eigenvalue weighted by molar-refractivity contribution is -0.113. The standard InChI is InChI=1S/C25H26N6O3S/c1-17-13-22(29-28-17)27-23(32)16-35-25-26-21-8-7-19(30-9-11-34-12-10-30)14-20(21)24(33)31(25)15-18-5-3-2-4-6-18/h2-8,13-14H,9-12,15-16H2,1H3,(H2,27,28,29,32). The van der Waals surface area contributed by atoms with Gasteiger partial charge in [-0.1, -0.05) is 42.1 Å². The van der Waals surface area contributed by atoms with Gasteiger partial charge in [0.25, 0.3) is 5.56 Å². The van der Waals surface area contributed by atoms with Gasteiger partial charge >= 0.3 is 0 Å². The van der Waals surface area contributed by atoms with E-state index in [4.69, 9.17) is 9.72 Å². The summed E-state index contributed by atoms with van der Waals surface area (Å²) in [5.41, 5.74) is 3.32. The first-order valence-corrected chi connectivity index (χ1v) is 12.4. The molecule has 35 heavy (non-hydrogen) atoms. The van der Waals surface area contributed by atoms with E-state index < -0.39 is 0 Å². The van der Waals surface area contributed by atoms with Gasteiger partial charge in [-0.2, -0.15) is 5.10 Å². The lowest BCUT2D eigenvalue weighted by Crippen LogP contribution is -2.36. The third kappa shape index (κ3) is 5.39. The molecule has 0 saturated carbocycles. The fraction of sp³-hybridized carbons (Fsp3) is 0.280. The first-order valence-electron chi connectivity index (χ1n) is 11.4. The molecule has 4 aromatic rings. The van der Waals surface area contributed by atoms with Crippen LogP contribution in [-0.4, -0.2) is 57.7 Å². The minimum absolute atomic E-state index is 0.102. The maximum Gasteiger partial charge on any atom is 0.262 e. The molecule has 2 aromatic heterocycles. The summed E-state index contributed by atoms with van der Waals surface area (Å²) in [4.78, 5) is 33.2. The third-order valence-electron chi connectivity index (χ3n) is 5.77. The number of rotatable bonds is 7. The number of hydrogen-bond donors (Lipinski definition) is 2. The molecule has 9 nitrogen and oxygen atoms in total. The number of thioether (sulfide) groups is 1. The average molecular weight is 491 g/mol. The molecule has 180 valence electrons. The lowest BCUT2D eigenvalue weighted by atomic mass is 10.2. The summed E-state index contributed by atoms with van der Waals surface area (Å²) in [6.07, 6.45) is 0. The molecule has 0 aliphatic carbocycles.